The second-order valence-electron chi connectivity index (χ2n) is 9.25. The standard InChI is InChI=1S/C33H30BrN3O/c34-23-11-10-18-32(38)36-30-21-19-26(20-22-30)31-24-37(25-35-31)33(27-12-4-1-5-13-27,28-14-6-2-7-15-28)29-16-8-3-9-17-29/h1-9,12-17,19-22,24-25H,10-11,18,23H2,(H,36,38). The molecule has 0 aliphatic heterocycles. The van der Waals surface area contributed by atoms with Gasteiger partial charge in [-0.3, -0.25) is 4.79 Å². The van der Waals surface area contributed by atoms with Crippen molar-refractivity contribution in [2.45, 2.75) is 24.8 Å². The molecule has 0 saturated carbocycles. The lowest BCUT2D eigenvalue weighted by Crippen LogP contribution is -2.36. The maximum absolute atomic E-state index is 12.2. The lowest BCUT2D eigenvalue weighted by Gasteiger charge is -2.37. The quantitative estimate of drug-likeness (QED) is 0.107. The largest absolute Gasteiger partial charge is 0.326 e. The zero-order valence-corrected chi connectivity index (χ0v) is 22.7. The van der Waals surface area contributed by atoms with Gasteiger partial charge in [-0.1, -0.05) is 119 Å². The van der Waals surface area contributed by atoms with Crippen molar-refractivity contribution < 1.29 is 4.79 Å². The molecule has 0 radical (unpaired) electrons. The minimum atomic E-state index is -0.599. The Labute approximate surface area is 232 Å². The number of carbonyl (C=O) groups excluding carboxylic acids is 1. The van der Waals surface area contributed by atoms with Gasteiger partial charge >= 0.3 is 0 Å². The van der Waals surface area contributed by atoms with Crippen molar-refractivity contribution in [2.75, 3.05) is 10.6 Å². The molecule has 0 atom stereocenters. The number of imidazole rings is 1. The zero-order valence-electron chi connectivity index (χ0n) is 21.1. The van der Waals surface area contributed by atoms with E-state index in [0.29, 0.717) is 6.42 Å². The number of carbonyl (C=O) groups is 1. The Bertz CT molecular complexity index is 1350. The van der Waals surface area contributed by atoms with Crippen LogP contribution in [0.15, 0.2) is 128 Å². The Morgan fingerprint density at radius 2 is 1.26 bits per heavy atom. The van der Waals surface area contributed by atoms with Crippen LogP contribution in [0.1, 0.15) is 36.0 Å². The van der Waals surface area contributed by atoms with E-state index in [1.54, 1.807) is 0 Å². The average molecular weight is 565 g/mol. The van der Waals surface area contributed by atoms with Gasteiger partial charge in [0.2, 0.25) is 5.91 Å². The SMILES string of the molecule is O=C(CCCCBr)Nc1ccc(-c2cn(C(c3ccccc3)(c3ccccc3)c3ccccc3)cn2)cc1. The predicted octanol–water partition coefficient (Wildman–Crippen LogP) is 7.89. The zero-order chi connectivity index (χ0) is 26.2. The molecule has 190 valence electrons. The van der Waals surface area contributed by atoms with E-state index in [9.17, 15) is 4.79 Å². The molecule has 5 rings (SSSR count). The first kappa shape index (κ1) is 25.7. The topological polar surface area (TPSA) is 46.9 Å². The van der Waals surface area contributed by atoms with Crippen LogP contribution in [0.5, 0.6) is 0 Å². The molecule has 0 bridgehead atoms. The number of rotatable bonds is 10. The molecule has 1 heterocycles. The van der Waals surface area contributed by atoms with E-state index in [-0.39, 0.29) is 5.91 Å². The second kappa shape index (κ2) is 12.1. The van der Waals surface area contributed by atoms with E-state index in [0.717, 1.165) is 51.8 Å². The van der Waals surface area contributed by atoms with Crippen LogP contribution in [0.4, 0.5) is 5.69 Å². The minimum Gasteiger partial charge on any atom is -0.326 e. The van der Waals surface area contributed by atoms with Crippen molar-refractivity contribution in [3.63, 3.8) is 0 Å². The van der Waals surface area contributed by atoms with E-state index < -0.39 is 5.54 Å². The van der Waals surface area contributed by atoms with E-state index in [4.69, 9.17) is 4.98 Å². The third kappa shape index (κ3) is 5.34. The summed E-state index contributed by atoms with van der Waals surface area (Å²) in [5, 5.41) is 3.91. The van der Waals surface area contributed by atoms with E-state index >= 15 is 0 Å². The number of nitrogens with zero attached hydrogens (tertiary/aromatic N) is 2. The van der Waals surface area contributed by atoms with Gasteiger partial charge in [0.15, 0.2) is 0 Å². The van der Waals surface area contributed by atoms with Gasteiger partial charge in [0, 0.05) is 29.2 Å². The maximum atomic E-state index is 12.2. The van der Waals surface area contributed by atoms with Crippen LogP contribution < -0.4 is 5.32 Å². The number of amides is 1. The number of aromatic nitrogens is 2. The van der Waals surface area contributed by atoms with Crippen LogP contribution in [-0.4, -0.2) is 20.8 Å². The van der Waals surface area contributed by atoms with Crippen LogP contribution in [-0.2, 0) is 10.3 Å². The summed E-state index contributed by atoms with van der Waals surface area (Å²) in [6.45, 7) is 0. The molecular formula is C33H30BrN3O. The maximum Gasteiger partial charge on any atom is 0.224 e. The summed E-state index contributed by atoms with van der Waals surface area (Å²) in [5.74, 6) is 0.0429. The fourth-order valence-electron chi connectivity index (χ4n) is 4.97. The Kier molecular flexibility index (Phi) is 8.15. The molecule has 38 heavy (non-hydrogen) atoms. The molecule has 0 fully saturated rings. The van der Waals surface area contributed by atoms with E-state index in [1.165, 1.54) is 0 Å². The number of unbranched alkanes of at least 4 members (excludes halogenated alkanes) is 1. The predicted molar refractivity (Wildman–Crippen MR) is 159 cm³/mol. The Morgan fingerprint density at radius 1 is 0.737 bits per heavy atom. The van der Waals surface area contributed by atoms with Gasteiger partial charge < -0.3 is 9.88 Å². The van der Waals surface area contributed by atoms with Crippen LogP contribution in [0.2, 0.25) is 0 Å². The lowest BCUT2D eigenvalue weighted by molar-refractivity contribution is -0.116. The minimum absolute atomic E-state index is 0.0429. The summed E-state index contributed by atoms with van der Waals surface area (Å²) < 4.78 is 2.21. The van der Waals surface area contributed by atoms with E-state index in [1.807, 2.05) is 48.8 Å². The highest BCUT2D eigenvalue weighted by Crippen LogP contribution is 2.41. The van der Waals surface area contributed by atoms with Crippen molar-refractivity contribution in [1.29, 1.82) is 0 Å². The average Bonchev–Trinajstić information content (AvgIpc) is 3.46. The van der Waals surface area contributed by atoms with Gasteiger partial charge in [-0.25, -0.2) is 4.98 Å². The number of anilines is 1. The highest BCUT2D eigenvalue weighted by Gasteiger charge is 2.38. The summed E-state index contributed by atoms with van der Waals surface area (Å²) in [6.07, 6.45) is 6.42. The van der Waals surface area contributed by atoms with Gasteiger partial charge in [-0.2, -0.15) is 0 Å². The molecule has 1 aromatic heterocycles. The van der Waals surface area contributed by atoms with Gasteiger partial charge in [-0.05, 0) is 41.7 Å². The van der Waals surface area contributed by atoms with Gasteiger partial charge in [0.05, 0.1) is 12.0 Å². The van der Waals surface area contributed by atoms with E-state index in [2.05, 4.69) is 105 Å². The third-order valence-corrected chi connectivity index (χ3v) is 7.36. The smallest absolute Gasteiger partial charge is 0.224 e. The highest BCUT2D eigenvalue weighted by molar-refractivity contribution is 9.09. The number of hydrogen-bond donors (Lipinski definition) is 1. The molecule has 4 nitrogen and oxygen atoms in total. The molecule has 0 saturated heterocycles. The van der Waals surface area contributed by atoms with Gasteiger partial charge in [-0.15, -0.1) is 0 Å². The van der Waals surface area contributed by atoms with Crippen molar-refractivity contribution in [3.05, 3.63) is 144 Å². The van der Waals surface area contributed by atoms with Crippen LogP contribution in [0.3, 0.4) is 0 Å². The fourth-order valence-corrected chi connectivity index (χ4v) is 5.36. The molecule has 4 aromatic carbocycles. The van der Waals surface area contributed by atoms with Gasteiger partial charge in [0.1, 0.15) is 5.54 Å². The summed E-state index contributed by atoms with van der Waals surface area (Å²) in [5.41, 5.74) is 5.51. The first-order valence-electron chi connectivity index (χ1n) is 12.9. The number of nitrogens with one attached hydrogen (secondary N) is 1. The highest BCUT2D eigenvalue weighted by atomic mass is 79.9. The van der Waals surface area contributed by atoms with Crippen LogP contribution in [0, 0.1) is 0 Å². The molecule has 0 spiro atoms. The molecule has 5 aromatic rings. The summed E-state index contributed by atoms with van der Waals surface area (Å²) >= 11 is 3.41. The normalized spacial score (nSPS) is 11.3. The van der Waals surface area contributed by atoms with Crippen molar-refractivity contribution in [3.8, 4) is 11.3 Å². The number of halogens is 1. The van der Waals surface area contributed by atoms with Crippen molar-refractivity contribution in [1.82, 2.24) is 9.55 Å². The summed E-state index contributed by atoms with van der Waals surface area (Å²) in [6, 6.07) is 39.6. The Hall–Kier alpha value is -3.96. The molecule has 0 unspecified atom stereocenters. The molecule has 0 aliphatic rings. The Morgan fingerprint density at radius 3 is 1.76 bits per heavy atom. The molecule has 0 aliphatic carbocycles. The van der Waals surface area contributed by atoms with Crippen molar-refractivity contribution >= 4 is 27.5 Å². The number of hydrogen-bond acceptors (Lipinski definition) is 2. The van der Waals surface area contributed by atoms with Crippen molar-refractivity contribution in [2.24, 2.45) is 0 Å². The van der Waals surface area contributed by atoms with Crippen LogP contribution >= 0.6 is 15.9 Å². The first-order valence-corrected chi connectivity index (χ1v) is 14.0. The lowest BCUT2D eigenvalue weighted by atomic mass is 9.77. The monoisotopic (exact) mass is 563 g/mol. The summed E-state index contributed by atoms with van der Waals surface area (Å²) in [7, 11) is 0. The third-order valence-electron chi connectivity index (χ3n) is 6.80. The Balaban J connectivity index is 1.53. The molecule has 1 N–H and O–H groups in total. The van der Waals surface area contributed by atoms with Gasteiger partial charge in [0.25, 0.3) is 0 Å². The number of alkyl halides is 1. The first-order chi connectivity index (χ1) is 18.7. The molecule has 5 heteroatoms. The molecular weight excluding hydrogens is 534 g/mol. The summed E-state index contributed by atoms with van der Waals surface area (Å²) in [4.78, 5) is 17.1. The number of benzene rings is 4. The van der Waals surface area contributed by atoms with Crippen LogP contribution in [0.25, 0.3) is 11.3 Å². The fraction of sp³-hybridized carbons (Fsp3) is 0.152. The second-order valence-corrected chi connectivity index (χ2v) is 10.0. The molecule has 1 amide bonds.